The predicted octanol–water partition coefficient (Wildman–Crippen LogP) is 14.8. The fourth-order valence-corrected chi connectivity index (χ4v) is 11.4. The van der Waals surface area contributed by atoms with Gasteiger partial charge >= 0.3 is 0 Å². The van der Waals surface area contributed by atoms with Crippen LogP contribution in [0.4, 0.5) is 0 Å². The highest BCUT2D eigenvalue weighted by Gasteiger charge is 2.50. The average Bonchev–Trinajstić information content (AvgIpc) is 3.58. The van der Waals surface area contributed by atoms with Gasteiger partial charge in [-0.3, -0.25) is 0 Å². The van der Waals surface area contributed by atoms with Crippen molar-refractivity contribution in [2.24, 2.45) is 0 Å². The van der Waals surface area contributed by atoms with Gasteiger partial charge in [-0.25, -0.2) is 0 Å². The molecule has 58 heavy (non-hydrogen) atoms. The molecule has 12 rings (SSSR count). The lowest BCUT2D eigenvalue weighted by Gasteiger charge is -2.40. The van der Waals surface area contributed by atoms with Crippen molar-refractivity contribution in [3.05, 3.63) is 228 Å². The predicted molar refractivity (Wildman–Crippen MR) is 241 cm³/mol. The van der Waals surface area contributed by atoms with Crippen molar-refractivity contribution in [3.8, 4) is 50.6 Å². The first-order valence-corrected chi connectivity index (χ1v) is 20.6. The maximum atomic E-state index is 9.55. The highest BCUT2D eigenvalue weighted by molar-refractivity contribution is 7.99. The molecule has 1 spiro atoms. The Morgan fingerprint density at radius 3 is 1.71 bits per heavy atom. The summed E-state index contributed by atoms with van der Waals surface area (Å²) in [6.45, 7) is 0. The topological polar surface area (TPSA) is 23.8 Å². The van der Waals surface area contributed by atoms with Crippen molar-refractivity contribution >= 4 is 44.1 Å². The third kappa shape index (κ3) is 4.60. The summed E-state index contributed by atoms with van der Waals surface area (Å²) in [6, 6.07) is 75.9. The van der Waals surface area contributed by atoms with Crippen LogP contribution in [0.15, 0.2) is 210 Å². The van der Waals surface area contributed by atoms with E-state index in [1.165, 1.54) is 97.7 Å². The van der Waals surface area contributed by atoms with Gasteiger partial charge in [0, 0.05) is 9.79 Å². The minimum absolute atomic E-state index is 0.543. The molecule has 268 valence electrons. The molecule has 0 bridgehead atoms. The zero-order valence-electron chi connectivity index (χ0n) is 31.4. The Balaban J connectivity index is 1.17. The van der Waals surface area contributed by atoms with Crippen LogP contribution < -0.4 is 0 Å². The number of hydrogen-bond donors (Lipinski definition) is 0. The Kier molecular flexibility index (Phi) is 7.21. The lowest BCUT2D eigenvalue weighted by Crippen LogP contribution is -2.32. The van der Waals surface area contributed by atoms with Gasteiger partial charge in [0.05, 0.1) is 17.0 Å². The second-order valence-corrected chi connectivity index (χ2v) is 16.5. The Bertz CT molecular complexity index is 3330. The summed E-state index contributed by atoms with van der Waals surface area (Å²) < 4.78 is 0. The van der Waals surface area contributed by atoms with Crippen LogP contribution in [0.2, 0.25) is 0 Å². The highest BCUT2D eigenvalue weighted by atomic mass is 32.2. The van der Waals surface area contributed by atoms with Gasteiger partial charge in [-0.15, -0.1) is 0 Å². The van der Waals surface area contributed by atoms with Crippen LogP contribution in [0.1, 0.15) is 27.8 Å². The summed E-state index contributed by atoms with van der Waals surface area (Å²) in [5, 5.41) is 17.1. The van der Waals surface area contributed by atoms with Crippen LogP contribution in [-0.2, 0) is 5.41 Å². The van der Waals surface area contributed by atoms with Crippen molar-refractivity contribution in [1.82, 2.24) is 0 Å². The maximum absolute atomic E-state index is 9.55. The SMILES string of the molecule is N#Cc1ccc(-c2ccc3c(c2)C2(c4ccccc4Sc4c(-c5c6ccccc6c(-c6ccc7ccccc7c6)c6ccccc56)cccc42)c2ccccc2-3)cc1. The number of rotatable bonds is 3. The molecule has 0 fully saturated rings. The molecule has 1 heterocycles. The van der Waals surface area contributed by atoms with Gasteiger partial charge in [-0.05, 0) is 129 Å². The lowest BCUT2D eigenvalue weighted by molar-refractivity contribution is 0.723. The van der Waals surface area contributed by atoms with Crippen LogP contribution in [0.3, 0.4) is 0 Å². The summed E-state index contributed by atoms with van der Waals surface area (Å²) in [5.74, 6) is 0. The maximum Gasteiger partial charge on any atom is 0.0991 e. The summed E-state index contributed by atoms with van der Waals surface area (Å²) in [5.41, 5.74) is 15.2. The first-order chi connectivity index (χ1) is 28.7. The van der Waals surface area contributed by atoms with Crippen molar-refractivity contribution in [2.45, 2.75) is 15.2 Å². The smallest absolute Gasteiger partial charge is 0.0991 e. The molecule has 2 aliphatic rings. The Morgan fingerprint density at radius 1 is 0.379 bits per heavy atom. The molecule has 1 unspecified atom stereocenters. The second-order valence-electron chi connectivity index (χ2n) is 15.4. The summed E-state index contributed by atoms with van der Waals surface area (Å²) in [7, 11) is 0. The Labute approximate surface area is 341 Å². The van der Waals surface area contributed by atoms with Gasteiger partial charge in [-0.1, -0.05) is 182 Å². The molecule has 1 aliphatic heterocycles. The van der Waals surface area contributed by atoms with Crippen molar-refractivity contribution < 1.29 is 0 Å². The molecule has 10 aromatic rings. The average molecular weight is 752 g/mol. The van der Waals surface area contributed by atoms with Crippen molar-refractivity contribution in [1.29, 1.82) is 5.26 Å². The largest absolute Gasteiger partial charge is 0.192 e. The van der Waals surface area contributed by atoms with Crippen LogP contribution in [0.25, 0.3) is 76.8 Å². The van der Waals surface area contributed by atoms with Gasteiger partial charge in [0.25, 0.3) is 0 Å². The van der Waals surface area contributed by atoms with E-state index in [1.54, 1.807) is 0 Å². The number of benzene rings is 10. The summed E-state index contributed by atoms with van der Waals surface area (Å²) in [6.07, 6.45) is 0. The summed E-state index contributed by atoms with van der Waals surface area (Å²) >= 11 is 1.91. The number of hydrogen-bond acceptors (Lipinski definition) is 2. The highest BCUT2D eigenvalue weighted by Crippen LogP contribution is 2.64. The third-order valence-electron chi connectivity index (χ3n) is 12.6. The van der Waals surface area contributed by atoms with E-state index < -0.39 is 5.41 Å². The molecule has 0 amide bonds. The van der Waals surface area contributed by atoms with E-state index in [-0.39, 0.29) is 0 Å². The normalized spacial score (nSPS) is 14.9. The first-order valence-electron chi connectivity index (χ1n) is 19.8. The van der Waals surface area contributed by atoms with Crippen LogP contribution >= 0.6 is 11.8 Å². The zero-order chi connectivity index (χ0) is 38.4. The summed E-state index contributed by atoms with van der Waals surface area (Å²) in [4.78, 5) is 2.57. The van der Waals surface area contributed by atoms with Gasteiger partial charge in [-0.2, -0.15) is 5.26 Å². The van der Waals surface area contributed by atoms with Crippen LogP contribution in [0, 0.1) is 11.3 Å². The first kappa shape index (κ1) is 33.0. The van der Waals surface area contributed by atoms with E-state index in [2.05, 4.69) is 194 Å². The number of nitriles is 1. The Hall–Kier alpha value is -7.18. The monoisotopic (exact) mass is 751 g/mol. The van der Waals surface area contributed by atoms with E-state index in [4.69, 9.17) is 0 Å². The van der Waals surface area contributed by atoms with Crippen molar-refractivity contribution in [3.63, 3.8) is 0 Å². The van der Waals surface area contributed by atoms with E-state index in [0.717, 1.165) is 11.1 Å². The fourth-order valence-electron chi connectivity index (χ4n) is 10.1. The minimum Gasteiger partial charge on any atom is -0.192 e. The molecule has 0 saturated carbocycles. The molecule has 0 saturated heterocycles. The van der Waals surface area contributed by atoms with Crippen molar-refractivity contribution in [2.75, 3.05) is 0 Å². The van der Waals surface area contributed by atoms with Crippen LogP contribution in [0.5, 0.6) is 0 Å². The second kappa shape index (κ2) is 12.7. The van der Waals surface area contributed by atoms with Crippen LogP contribution in [-0.4, -0.2) is 0 Å². The minimum atomic E-state index is -0.543. The van der Waals surface area contributed by atoms with Gasteiger partial charge in [0.1, 0.15) is 0 Å². The number of nitrogens with zero attached hydrogens (tertiary/aromatic N) is 1. The number of fused-ring (bicyclic) bond motifs is 12. The molecule has 0 N–H and O–H groups in total. The fraction of sp³-hybridized carbons (Fsp3) is 0.0179. The van der Waals surface area contributed by atoms with E-state index in [9.17, 15) is 5.26 Å². The molecule has 0 aromatic heterocycles. The van der Waals surface area contributed by atoms with E-state index in [1.807, 2.05) is 23.9 Å². The Morgan fingerprint density at radius 2 is 0.948 bits per heavy atom. The van der Waals surface area contributed by atoms with Gasteiger partial charge in [0.2, 0.25) is 0 Å². The zero-order valence-corrected chi connectivity index (χ0v) is 32.2. The molecule has 1 aliphatic carbocycles. The van der Waals surface area contributed by atoms with Gasteiger partial charge in [0.15, 0.2) is 0 Å². The molecule has 2 heteroatoms. The molecule has 1 nitrogen and oxygen atoms in total. The van der Waals surface area contributed by atoms with Gasteiger partial charge < -0.3 is 0 Å². The molecule has 10 aromatic carbocycles. The van der Waals surface area contributed by atoms with E-state index >= 15 is 0 Å². The molecular formula is C56H33NS. The standard InChI is InChI=1S/C56H33NS/c57-34-35-24-26-37(27-25-35)39-30-31-42-41-14-7-8-20-48(41)56(51(42)33-39)49-21-9-10-23-52(49)58-55-47(19-11-22-50(55)56)54-45-17-5-3-15-43(45)53(44-16-4-6-18-46(44)54)40-29-28-36-12-1-2-13-38(36)32-40/h1-33H. The lowest BCUT2D eigenvalue weighted by atomic mass is 9.66. The molecule has 0 radical (unpaired) electrons. The molecule has 1 atom stereocenters. The quantitative estimate of drug-likeness (QED) is 0.168. The third-order valence-corrected chi connectivity index (χ3v) is 13.8. The molecular weight excluding hydrogens is 719 g/mol. The van der Waals surface area contributed by atoms with E-state index in [0.29, 0.717) is 5.56 Å².